The summed E-state index contributed by atoms with van der Waals surface area (Å²) in [5.41, 5.74) is 0.875. The predicted molar refractivity (Wildman–Crippen MR) is 67.1 cm³/mol. The SMILES string of the molecule is Cc1cc(C(C=O)NC(=O)OC(C)(C)C)ccn1. The zero-order valence-electron chi connectivity index (χ0n) is 11.1. The molecule has 0 saturated heterocycles. The minimum Gasteiger partial charge on any atom is -0.444 e. The molecule has 1 aromatic heterocycles. The molecule has 0 aliphatic carbocycles. The molecule has 1 N–H and O–H groups in total. The molecule has 1 unspecified atom stereocenters. The molecular weight excluding hydrogens is 232 g/mol. The van der Waals surface area contributed by atoms with Gasteiger partial charge in [0.05, 0.1) is 0 Å². The van der Waals surface area contributed by atoms with Gasteiger partial charge in [0.2, 0.25) is 0 Å². The van der Waals surface area contributed by atoms with E-state index in [4.69, 9.17) is 4.74 Å². The lowest BCUT2D eigenvalue weighted by atomic mass is 10.1. The van der Waals surface area contributed by atoms with Crippen LogP contribution in [0.1, 0.15) is 38.1 Å². The number of pyridine rings is 1. The van der Waals surface area contributed by atoms with Crippen molar-refractivity contribution in [3.63, 3.8) is 0 Å². The highest BCUT2D eigenvalue weighted by molar-refractivity contribution is 5.74. The maximum Gasteiger partial charge on any atom is 0.408 e. The molecule has 5 nitrogen and oxygen atoms in total. The van der Waals surface area contributed by atoms with E-state index in [1.807, 2.05) is 6.92 Å². The maximum absolute atomic E-state index is 11.6. The number of aryl methyl sites for hydroxylation is 1. The van der Waals surface area contributed by atoms with Crippen LogP contribution in [0.4, 0.5) is 4.79 Å². The Hall–Kier alpha value is -1.91. The van der Waals surface area contributed by atoms with Crippen LogP contribution in [0, 0.1) is 6.92 Å². The van der Waals surface area contributed by atoms with Crippen molar-refractivity contribution in [1.29, 1.82) is 0 Å². The number of alkyl carbamates (subject to hydrolysis) is 1. The van der Waals surface area contributed by atoms with Crippen LogP contribution in [0.25, 0.3) is 0 Å². The Morgan fingerprint density at radius 2 is 2.17 bits per heavy atom. The minimum atomic E-state index is -0.721. The first-order valence-electron chi connectivity index (χ1n) is 5.69. The smallest absolute Gasteiger partial charge is 0.408 e. The summed E-state index contributed by atoms with van der Waals surface area (Å²) in [6.45, 7) is 7.11. The lowest BCUT2D eigenvalue weighted by Crippen LogP contribution is -2.35. The van der Waals surface area contributed by atoms with Crippen molar-refractivity contribution >= 4 is 12.4 Å². The van der Waals surface area contributed by atoms with Gasteiger partial charge in [-0.25, -0.2) is 4.79 Å². The fraction of sp³-hybridized carbons (Fsp3) is 0.462. The number of aldehydes is 1. The Kier molecular flexibility index (Phi) is 4.42. The lowest BCUT2D eigenvalue weighted by molar-refractivity contribution is -0.109. The second-order valence-electron chi connectivity index (χ2n) is 4.99. The Labute approximate surface area is 107 Å². The van der Waals surface area contributed by atoms with Gasteiger partial charge in [-0.15, -0.1) is 0 Å². The molecule has 1 atom stereocenters. The molecule has 0 bridgehead atoms. The largest absolute Gasteiger partial charge is 0.444 e. The van der Waals surface area contributed by atoms with Crippen molar-refractivity contribution in [3.8, 4) is 0 Å². The van der Waals surface area contributed by atoms with Gasteiger partial charge in [0.1, 0.15) is 17.9 Å². The van der Waals surface area contributed by atoms with E-state index < -0.39 is 17.7 Å². The number of rotatable bonds is 3. The highest BCUT2D eigenvalue weighted by atomic mass is 16.6. The van der Waals surface area contributed by atoms with Crippen molar-refractivity contribution in [2.75, 3.05) is 0 Å². The van der Waals surface area contributed by atoms with Gasteiger partial charge in [-0.2, -0.15) is 0 Å². The van der Waals surface area contributed by atoms with Gasteiger partial charge in [0.15, 0.2) is 0 Å². The van der Waals surface area contributed by atoms with Crippen LogP contribution in [-0.2, 0) is 9.53 Å². The van der Waals surface area contributed by atoms with E-state index >= 15 is 0 Å². The van der Waals surface area contributed by atoms with Crippen LogP contribution in [-0.4, -0.2) is 23.0 Å². The summed E-state index contributed by atoms with van der Waals surface area (Å²) in [7, 11) is 0. The van der Waals surface area contributed by atoms with Gasteiger partial charge in [-0.05, 0) is 45.4 Å². The maximum atomic E-state index is 11.6. The molecule has 0 fully saturated rings. The topological polar surface area (TPSA) is 68.3 Å². The third kappa shape index (κ3) is 4.53. The molecular formula is C13H18N2O3. The van der Waals surface area contributed by atoms with Crippen molar-refractivity contribution in [1.82, 2.24) is 10.3 Å². The van der Waals surface area contributed by atoms with Crippen LogP contribution in [0.15, 0.2) is 18.3 Å². The van der Waals surface area contributed by atoms with Crippen molar-refractivity contribution in [3.05, 3.63) is 29.6 Å². The van der Waals surface area contributed by atoms with Gasteiger partial charge in [0, 0.05) is 11.9 Å². The van der Waals surface area contributed by atoms with E-state index in [2.05, 4.69) is 10.3 Å². The first-order chi connectivity index (χ1) is 8.31. The Balaban J connectivity index is 2.74. The zero-order chi connectivity index (χ0) is 13.8. The molecule has 0 aliphatic heterocycles. The van der Waals surface area contributed by atoms with Gasteiger partial charge < -0.3 is 14.8 Å². The molecule has 0 spiro atoms. The fourth-order valence-corrected chi connectivity index (χ4v) is 1.39. The second-order valence-corrected chi connectivity index (χ2v) is 4.99. The van der Waals surface area contributed by atoms with E-state index in [9.17, 15) is 9.59 Å². The third-order valence-electron chi connectivity index (χ3n) is 2.09. The highest BCUT2D eigenvalue weighted by Crippen LogP contribution is 2.13. The zero-order valence-corrected chi connectivity index (χ0v) is 11.1. The van der Waals surface area contributed by atoms with Crippen molar-refractivity contribution < 1.29 is 14.3 Å². The van der Waals surface area contributed by atoms with Crippen molar-refractivity contribution in [2.24, 2.45) is 0 Å². The fourth-order valence-electron chi connectivity index (χ4n) is 1.39. The number of carbonyl (C=O) groups excluding carboxylic acids is 2. The standard InChI is InChI=1S/C13H18N2O3/c1-9-7-10(5-6-14-9)11(8-16)15-12(17)18-13(2,3)4/h5-8,11H,1-4H3,(H,15,17). The summed E-state index contributed by atoms with van der Waals surface area (Å²) in [4.78, 5) is 26.6. The van der Waals surface area contributed by atoms with Crippen LogP contribution in [0.3, 0.4) is 0 Å². The van der Waals surface area contributed by atoms with E-state index in [0.29, 0.717) is 11.8 Å². The predicted octanol–water partition coefficient (Wildman–Crippen LogP) is 2.15. The number of amides is 1. The van der Waals surface area contributed by atoms with E-state index in [-0.39, 0.29) is 0 Å². The summed E-state index contributed by atoms with van der Waals surface area (Å²) < 4.78 is 5.10. The van der Waals surface area contributed by atoms with Gasteiger partial charge in [-0.1, -0.05) is 0 Å². The molecule has 98 valence electrons. The average Bonchev–Trinajstić information content (AvgIpc) is 2.23. The molecule has 0 radical (unpaired) electrons. The van der Waals surface area contributed by atoms with Gasteiger partial charge >= 0.3 is 6.09 Å². The number of carbonyl (C=O) groups is 2. The summed E-state index contributed by atoms with van der Waals surface area (Å²) in [6.07, 6.45) is 1.64. The normalized spacial score (nSPS) is 12.7. The lowest BCUT2D eigenvalue weighted by Gasteiger charge is -2.21. The molecule has 18 heavy (non-hydrogen) atoms. The monoisotopic (exact) mass is 250 g/mol. The van der Waals surface area contributed by atoms with Crippen molar-refractivity contribution in [2.45, 2.75) is 39.3 Å². The number of aromatic nitrogens is 1. The van der Waals surface area contributed by atoms with Crippen LogP contribution < -0.4 is 5.32 Å². The highest BCUT2D eigenvalue weighted by Gasteiger charge is 2.20. The van der Waals surface area contributed by atoms with Gasteiger partial charge in [0.25, 0.3) is 0 Å². The Morgan fingerprint density at radius 3 is 2.67 bits per heavy atom. The van der Waals surface area contributed by atoms with E-state index in [1.54, 1.807) is 39.1 Å². The molecule has 0 saturated carbocycles. The molecule has 1 rings (SSSR count). The number of nitrogens with zero attached hydrogens (tertiary/aromatic N) is 1. The first-order valence-corrected chi connectivity index (χ1v) is 5.69. The number of ether oxygens (including phenoxy) is 1. The van der Waals surface area contributed by atoms with Gasteiger partial charge in [-0.3, -0.25) is 4.98 Å². The van der Waals surface area contributed by atoms with Crippen LogP contribution in [0.2, 0.25) is 0 Å². The molecule has 1 amide bonds. The third-order valence-corrected chi connectivity index (χ3v) is 2.09. The van der Waals surface area contributed by atoms with E-state index in [0.717, 1.165) is 5.69 Å². The molecule has 1 heterocycles. The molecule has 0 aromatic carbocycles. The summed E-state index contributed by atoms with van der Waals surface area (Å²) in [5, 5.41) is 2.51. The van der Waals surface area contributed by atoms with E-state index in [1.165, 1.54) is 0 Å². The number of hydrogen-bond acceptors (Lipinski definition) is 4. The molecule has 5 heteroatoms. The summed E-state index contributed by atoms with van der Waals surface area (Å²) in [5.74, 6) is 0. The van der Waals surface area contributed by atoms with Crippen LogP contribution >= 0.6 is 0 Å². The summed E-state index contributed by atoms with van der Waals surface area (Å²) in [6, 6.07) is 2.71. The quantitative estimate of drug-likeness (QED) is 0.835. The first kappa shape index (κ1) is 14.2. The number of nitrogens with one attached hydrogen (secondary N) is 1. The Bertz CT molecular complexity index is 438. The van der Waals surface area contributed by atoms with Crippen LogP contribution in [0.5, 0.6) is 0 Å². The minimum absolute atomic E-state index is 0.592. The summed E-state index contributed by atoms with van der Waals surface area (Å²) >= 11 is 0. The second kappa shape index (κ2) is 5.62. The molecule has 0 aliphatic rings. The Morgan fingerprint density at radius 1 is 1.50 bits per heavy atom. The number of hydrogen-bond donors (Lipinski definition) is 1. The molecule has 1 aromatic rings. The average molecular weight is 250 g/mol.